The number of carbonyl (C=O) groups is 3. The zero-order chi connectivity index (χ0) is 41.3. The largest absolute Gasteiger partial charge is 0.508 e. The SMILES string of the molecule is Cc1c2c(c(O)c3c(O)cccc13)C(=O)[C@]1(O)C(O)=C(C(N)=O)C(=O)[C@@H](N(C)C)[C@@H]1C2.Cn1c(=O)[nH]c(=O)c2[nH]cnc21.Cn1c2c(c(=O)n(C)c1=O)CC=N2. The number of amides is 1. The predicted octanol–water partition coefficient (Wildman–Crippen LogP) is -1.25. The molecule has 1 aliphatic heterocycles. The minimum Gasteiger partial charge on any atom is -0.508 e. The van der Waals surface area contributed by atoms with Gasteiger partial charge in [0.15, 0.2) is 17.0 Å². The number of hydrogen-bond donors (Lipinski definition) is 7. The first kappa shape index (κ1) is 38.8. The van der Waals surface area contributed by atoms with Crippen LogP contribution in [0.25, 0.3) is 21.9 Å². The molecule has 0 fully saturated rings. The van der Waals surface area contributed by atoms with Gasteiger partial charge in [0, 0.05) is 39.7 Å². The molecule has 5 aromatic rings. The summed E-state index contributed by atoms with van der Waals surface area (Å²) in [7, 11) is 7.73. The van der Waals surface area contributed by atoms with Crippen molar-refractivity contribution in [1.29, 1.82) is 0 Å². The molecule has 3 aromatic heterocycles. The number of H-pyrrole nitrogens is 2. The molecule has 0 unspecified atom stereocenters. The number of benzene rings is 2. The van der Waals surface area contributed by atoms with Gasteiger partial charge in [-0.1, -0.05) is 12.1 Å². The highest BCUT2D eigenvalue weighted by atomic mass is 16.3. The van der Waals surface area contributed by atoms with Gasteiger partial charge in [0.1, 0.15) is 34.2 Å². The van der Waals surface area contributed by atoms with E-state index in [1.54, 1.807) is 53.5 Å². The number of aryl methyl sites for hydroxylation is 2. The van der Waals surface area contributed by atoms with E-state index in [4.69, 9.17) is 5.73 Å². The molecule has 292 valence electrons. The van der Waals surface area contributed by atoms with E-state index in [1.165, 1.54) is 33.5 Å². The number of carbonyl (C=O) groups excluding carboxylic acids is 3. The van der Waals surface area contributed by atoms with Crippen molar-refractivity contribution in [1.82, 2.24) is 33.6 Å². The lowest BCUT2D eigenvalue weighted by Gasteiger charge is -2.47. The molecule has 0 saturated carbocycles. The minimum absolute atomic E-state index is 0.0313. The first-order chi connectivity index (χ1) is 26.3. The summed E-state index contributed by atoms with van der Waals surface area (Å²) in [6.07, 6.45) is 3.49. The van der Waals surface area contributed by atoms with Crippen LogP contribution in [0.5, 0.6) is 11.5 Å². The molecular formula is C36H37N9O11. The maximum atomic E-state index is 13.6. The summed E-state index contributed by atoms with van der Waals surface area (Å²) in [4.78, 5) is 97.5. The zero-order valence-electron chi connectivity index (χ0n) is 30.9. The lowest BCUT2D eigenvalue weighted by atomic mass is 9.61. The van der Waals surface area contributed by atoms with Crippen molar-refractivity contribution < 1.29 is 34.8 Å². The average Bonchev–Trinajstić information content (AvgIpc) is 3.85. The molecule has 3 atom stereocenters. The number of hydrogen-bond acceptors (Lipinski definition) is 14. The Morgan fingerprint density at radius 3 is 2.32 bits per heavy atom. The van der Waals surface area contributed by atoms with E-state index in [9.17, 15) is 54.0 Å². The Kier molecular flexibility index (Phi) is 9.51. The Balaban J connectivity index is 0.000000173. The second kappa shape index (κ2) is 13.7. The predicted molar refractivity (Wildman–Crippen MR) is 201 cm³/mol. The Morgan fingerprint density at radius 2 is 1.68 bits per heavy atom. The van der Waals surface area contributed by atoms with Crippen molar-refractivity contribution in [3.05, 3.63) is 99.8 Å². The molecule has 4 heterocycles. The number of primary amides is 1. The number of nitrogens with two attached hydrogens (primary N) is 1. The third kappa shape index (κ3) is 5.64. The van der Waals surface area contributed by atoms with Gasteiger partial charge in [-0.05, 0) is 50.0 Å². The fourth-order valence-corrected chi connectivity index (χ4v) is 7.56. The number of Topliss-reactive ketones (excluding diaryl/α,β-unsaturated/α-hetero) is 2. The number of aromatic hydroxyl groups is 2. The molecule has 8 N–H and O–H groups in total. The lowest BCUT2D eigenvalue weighted by molar-refractivity contribution is -0.132. The van der Waals surface area contributed by atoms with Crippen LogP contribution in [0.1, 0.15) is 27.0 Å². The van der Waals surface area contributed by atoms with Crippen LogP contribution in [-0.2, 0) is 43.6 Å². The number of aromatic amines is 2. The number of aliphatic hydroxyl groups excluding tert-OH is 1. The maximum Gasteiger partial charge on any atom is 0.332 e. The number of aliphatic imine (C=N–C) groups is 1. The average molecular weight is 772 g/mol. The van der Waals surface area contributed by atoms with Crippen LogP contribution in [-0.4, -0.2) is 103 Å². The molecule has 0 saturated heterocycles. The van der Waals surface area contributed by atoms with E-state index in [0.717, 1.165) is 4.57 Å². The molecule has 2 aliphatic carbocycles. The van der Waals surface area contributed by atoms with Gasteiger partial charge in [0.25, 0.3) is 17.0 Å². The van der Waals surface area contributed by atoms with E-state index in [2.05, 4.69) is 19.9 Å². The fourth-order valence-electron chi connectivity index (χ4n) is 7.56. The molecule has 8 rings (SSSR count). The Hall–Kier alpha value is -6.93. The second-order valence-electron chi connectivity index (χ2n) is 13.7. The van der Waals surface area contributed by atoms with Gasteiger partial charge in [-0.15, -0.1) is 0 Å². The van der Waals surface area contributed by atoms with Crippen molar-refractivity contribution >= 4 is 51.4 Å². The molecule has 20 heteroatoms. The normalized spacial score (nSPS) is 19.6. The third-order valence-corrected chi connectivity index (χ3v) is 10.4. The number of likely N-dealkylation sites (N-methyl/N-ethyl adjacent to an activating group) is 1. The molecule has 0 spiro atoms. The van der Waals surface area contributed by atoms with Crippen LogP contribution < -0.4 is 28.2 Å². The molecule has 1 amide bonds. The number of imidazole rings is 1. The molecule has 2 aromatic carbocycles. The summed E-state index contributed by atoms with van der Waals surface area (Å²) in [5, 5.41) is 43.9. The van der Waals surface area contributed by atoms with E-state index in [-0.39, 0.29) is 34.4 Å². The Morgan fingerprint density at radius 1 is 1.00 bits per heavy atom. The number of ketones is 2. The quantitative estimate of drug-likeness (QED) is 0.103. The highest BCUT2D eigenvalue weighted by Gasteiger charge is 2.62. The summed E-state index contributed by atoms with van der Waals surface area (Å²) >= 11 is 0. The first-order valence-electron chi connectivity index (χ1n) is 16.9. The fraction of sp³-hybridized carbons (Fsp3) is 0.306. The first-order valence-corrected chi connectivity index (χ1v) is 16.9. The number of phenols is 2. The molecule has 0 bridgehead atoms. The second-order valence-corrected chi connectivity index (χ2v) is 13.7. The Bertz CT molecular complexity index is 2860. The highest BCUT2D eigenvalue weighted by Crippen LogP contribution is 2.50. The smallest absolute Gasteiger partial charge is 0.332 e. The molecule has 56 heavy (non-hydrogen) atoms. The summed E-state index contributed by atoms with van der Waals surface area (Å²) < 4.78 is 3.76. The highest BCUT2D eigenvalue weighted by molar-refractivity contribution is 6.25. The van der Waals surface area contributed by atoms with Gasteiger partial charge >= 0.3 is 11.4 Å². The Labute approximate surface area is 314 Å². The zero-order valence-corrected chi connectivity index (χ0v) is 30.9. The molecule has 20 nitrogen and oxygen atoms in total. The van der Waals surface area contributed by atoms with Crippen molar-refractivity contribution in [3.63, 3.8) is 0 Å². The lowest BCUT2D eigenvalue weighted by Crippen LogP contribution is -2.64. The van der Waals surface area contributed by atoms with Gasteiger partial charge in [-0.2, -0.15) is 0 Å². The maximum absolute atomic E-state index is 13.6. The summed E-state index contributed by atoms with van der Waals surface area (Å²) in [5.41, 5.74) is 2.31. The summed E-state index contributed by atoms with van der Waals surface area (Å²) in [6.45, 7) is 1.71. The van der Waals surface area contributed by atoms with Crippen LogP contribution in [0.2, 0.25) is 0 Å². The van der Waals surface area contributed by atoms with Crippen molar-refractivity contribution in [3.8, 4) is 11.5 Å². The van der Waals surface area contributed by atoms with Crippen LogP contribution in [0.3, 0.4) is 0 Å². The molecule has 0 radical (unpaired) electrons. The van der Waals surface area contributed by atoms with Crippen LogP contribution in [0.4, 0.5) is 5.82 Å². The topological polar surface area (TPSA) is 301 Å². The van der Waals surface area contributed by atoms with Crippen LogP contribution >= 0.6 is 0 Å². The van der Waals surface area contributed by atoms with Gasteiger partial charge in [0.2, 0.25) is 5.78 Å². The van der Waals surface area contributed by atoms with E-state index >= 15 is 0 Å². The van der Waals surface area contributed by atoms with Gasteiger partial charge in [-0.3, -0.25) is 47.6 Å². The van der Waals surface area contributed by atoms with Crippen molar-refractivity contribution in [2.24, 2.45) is 37.8 Å². The molecular weight excluding hydrogens is 734 g/mol. The number of nitrogens with one attached hydrogen (secondary N) is 2. The number of aliphatic hydroxyl groups is 2. The van der Waals surface area contributed by atoms with E-state index < -0.39 is 63.4 Å². The summed E-state index contributed by atoms with van der Waals surface area (Å²) in [6, 6.07) is 3.50. The van der Waals surface area contributed by atoms with Gasteiger partial charge in [-0.25, -0.2) is 19.6 Å². The standard InChI is InChI=1S/C22H22N2O7.C8H9N3O2.C6H6N4O2/c1-8-9-5-4-6-12(25)13(9)17(26)14-10(8)7-11-16(24(2)3)18(27)15(21(23)30)20(29)22(11,31)19(14)28;1-10-6-5(3-4-9-6)7(12)11(2)8(10)13;1-10-4-3(7-2-8-4)5(11)9-6(10)12/h4-6,11,16,25-26,29,31H,7H2,1-3H3,(H2,23,30);4H,3H2,1-2H3;2H,1H3,(H,7,8)(H,9,11,12)/t11-,16-,22-;;/m0../s1. The van der Waals surface area contributed by atoms with Gasteiger partial charge < -0.3 is 31.1 Å². The van der Waals surface area contributed by atoms with Crippen LogP contribution in [0, 0.1) is 12.8 Å². The number of aromatic nitrogens is 6. The minimum atomic E-state index is -2.65. The van der Waals surface area contributed by atoms with E-state index in [0.29, 0.717) is 45.5 Å². The number of nitrogens with zero attached hydrogens (tertiary/aromatic N) is 6. The molecule has 3 aliphatic rings. The monoisotopic (exact) mass is 771 g/mol. The number of rotatable bonds is 2. The number of phenolic OH excluding ortho intramolecular Hbond substituents is 2. The van der Waals surface area contributed by atoms with Crippen molar-refractivity contribution in [2.45, 2.75) is 31.4 Å². The van der Waals surface area contributed by atoms with E-state index in [1.807, 2.05) is 0 Å². The third-order valence-electron chi connectivity index (χ3n) is 10.4. The van der Waals surface area contributed by atoms with Gasteiger partial charge in [0.05, 0.1) is 28.9 Å². The van der Waals surface area contributed by atoms with Crippen molar-refractivity contribution in [2.75, 3.05) is 14.1 Å². The summed E-state index contributed by atoms with van der Waals surface area (Å²) in [5.74, 6) is -5.68. The number of fused-ring (bicyclic) bond motifs is 5. The van der Waals surface area contributed by atoms with Crippen LogP contribution in [0.15, 0.2) is 60.0 Å².